The van der Waals surface area contributed by atoms with Crippen LogP contribution in [0.25, 0.3) is 0 Å². The van der Waals surface area contributed by atoms with Crippen molar-refractivity contribution in [3.05, 3.63) is 50.7 Å². The molecule has 1 aliphatic rings. The Labute approximate surface area is 154 Å². The number of hydrogen-bond acceptors (Lipinski definition) is 6. The third-order valence-corrected chi connectivity index (χ3v) is 6.13. The number of amides is 1. The average molecular weight is 399 g/mol. The van der Waals surface area contributed by atoms with Gasteiger partial charge in [0, 0.05) is 17.7 Å². The lowest BCUT2D eigenvalue weighted by Crippen LogP contribution is -2.19. The second-order valence-electron chi connectivity index (χ2n) is 6.05. The van der Waals surface area contributed by atoms with Crippen molar-refractivity contribution in [3.63, 3.8) is 0 Å². The highest BCUT2D eigenvalue weighted by Crippen LogP contribution is 2.28. The first kappa shape index (κ1) is 18.3. The van der Waals surface area contributed by atoms with Crippen molar-refractivity contribution in [1.29, 1.82) is 0 Å². The molecular formula is C15H15ClN4O5S. The molecule has 1 N–H and O–H groups in total. The van der Waals surface area contributed by atoms with E-state index < -0.39 is 20.7 Å². The predicted octanol–water partition coefficient (Wildman–Crippen LogP) is 2.37. The zero-order chi connectivity index (χ0) is 19.1. The topological polar surface area (TPSA) is 124 Å². The van der Waals surface area contributed by atoms with Gasteiger partial charge in [-0.15, -0.1) is 0 Å². The monoisotopic (exact) mass is 398 g/mol. The minimum Gasteiger partial charge on any atom is -0.307 e. The highest BCUT2D eigenvalue weighted by Gasteiger charge is 2.31. The molecule has 2 heterocycles. The van der Waals surface area contributed by atoms with Gasteiger partial charge in [0.25, 0.3) is 11.6 Å². The SMILES string of the molecule is Cc1cc(NC(=O)c2ccc(Cl)c([N+](=O)[O-])c2)n(C2CCS(=O)(=O)C2)n1. The summed E-state index contributed by atoms with van der Waals surface area (Å²) in [5.74, 6) is -0.199. The van der Waals surface area contributed by atoms with E-state index in [4.69, 9.17) is 11.6 Å². The highest BCUT2D eigenvalue weighted by molar-refractivity contribution is 7.91. The van der Waals surface area contributed by atoms with E-state index in [1.807, 2.05) is 0 Å². The summed E-state index contributed by atoms with van der Waals surface area (Å²) in [6.07, 6.45) is 0.415. The quantitative estimate of drug-likeness (QED) is 0.622. The Hall–Kier alpha value is -2.46. The van der Waals surface area contributed by atoms with Crippen LogP contribution < -0.4 is 5.32 Å². The second-order valence-corrected chi connectivity index (χ2v) is 8.69. The molecule has 3 rings (SSSR count). The molecule has 1 fully saturated rings. The molecule has 1 aromatic carbocycles. The molecule has 0 saturated carbocycles. The summed E-state index contributed by atoms with van der Waals surface area (Å²) in [5.41, 5.74) is 0.308. The molecule has 11 heteroatoms. The van der Waals surface area contributed by atoms with Crippen molar-refractivity contribution in [3.8, 4) is 0 Å². The molecule has 138 valence electrons. The Kier molecular flexibility index (Phi) is 4.72. The first-order valence-corrected chi connectivity index (χ1v) is 9.88. The number of nitro benzene ring substituents is 1. The van der Waals surface area contributed by atoms with Crippen LogP contribution in [0.2, 0.25) is 5.02 Å². The molecular weight excluding hydrogens is 384 g/mol. The maximum Gasteiger partial charge on any atom is 0.288 e. The van der Waals surface area contributed by atoms with Crippen LogP contribution in [0.1, 0.15) is 28.5 Å². The molecule has 1 aliphatic heterocycles. The minimum atomic E-state index is -3.11. The van der Waals surface area contributed by atoms with E-state index in [-0.39, 0.29) is 33.8 Å². The smallest absolute Gasteiger partial charge is 0.288 e. The van der Waals surface area contributed by atoms with Gasteiger partial charge < -0.3 is 5.32 Å². The molecule has 26 heavy (non-hydrogen) atoms. The summed E-state index contributed by atoms with van der Waals surface area (Å²) in [4.78, 5) is 22.8. The van der Waals surface area contributed by atoms with Crippen molar-refractivity contribution >= 4 is 38.9 Å². The lowest BCUT2D eigenvalue weighted by Gasteiger charge is -2.13. The van der Waals surface area contributed by atoms with E-state index >= 15 is 0 Å². The number of sulfone groups is 1. The molecule has 0 aliphatic carbocycles. The van der Waals surface area contributed by atoms with Gasteiger partial charge in [-0.2, -0.15) is 5.10 Å². The summed E-state index contributed by atoms with van der Waals surface area (Å²) < 4.78 is 24.9. The lowest BCUT2D eigenvalue weighted by atomic mass is 10.2. The zero-order valence-corrected chi connectivity index (χ0v) is 15.2. The summed E-state index contributed by atoms with van der Waals surface area (Å²) in [5, 5.41) is 17.8. The molecule has 2 aromatic rings. The fraction of sp³-hybridized carbons (Fsp3) is 0.333. The number of nitrogens with zero attached hydrogens (tertiary/aromatic N) is 3. The van der Waals surface area contributed by atoms with E-state index in [0.717, 1.165) is 6.07 Å². The van der Waals surface area contributed by atoms with Gasteiger partial charge in [0.2, 0.25) is 0 Å². The first-order chi connectivity index (χ1) is 12.2. The number of nitro groups is 1. The van der Waals surface area contributed by atoms with Crippen molar-refractivity contribution in [2.75, 3.05) is 16.8 Å². The van der Waals surface area contributed by atoms with Gasteiger partial charge in [-0.3, -0.25) is 14.9 Å². The van der Waals surface area contributed by atoms with E-state index in [1.165, 1.54) is 16.8 Å². The number of rotatable bonds is 4. The normalized spacial score (nSPS) is 18.6. The summed E-state index contributed by atoms with van der Waals surface area (Å²) in [6.45, 7) is 1.72. The van der Waals surface area contributed by atoms with Crippen LogP contribution in [-0.4, -0.2) is 40.5 Å². The zero-order valence-electron chi connectivity index (χ0n) is 13.7. The van der Waals surface area contributed by atoms with Crippen molar-refractivity contribution < 1.29 is 18.1 Å². The van der Waals surface area contributed by atoms with Gasteiger partial charge in [-0.1, -0.05) is 11.6 Å². The number of carbonyl (C=O) groups excluding carboxylic acids is 1. The Morgan fingerprint density at radius 1 is 1.42 bits per heavy atom. The number of anilines is 1. The Bertz CT molecular complexity index is 1000. The third kappa shape index (κ3) is 3.70. The van der Waals surface area contributed by atoms with Crippen LogP contribution in [0.15, 0.2) is 24.3 Å². The Balaban J connectivity index is 1.87. The van der Waals surface area contributed by atoms with Crippen LogP contribution >= 0.6 is 11.6 Å². The van der Waals surface area contributed by atoms with Gasteiger partial charge in [0.15, 0.2) is 9.84 Å². The van der Waals surface area contributed by atoms with Crippen molar-refractivity contribution in [2.45, 2.75) is 19.4 Å². The number of hydrogen-bond donors (Lipinski definition) is 1. The Morgan fingerprint density at radius 2 is 2.15 bits per heavy atom. The van der Waals surface area contributed by atoms with Crippen LogP contribution in [0.5, 0.6) is 0 Å². The van der Waals surface area contributed by atoms with E-state index in [2.05, 4.69) is 10.4 Å². The largest absolute Gasteiger partial charge is 0.307 e. The molecule has 1 atom stereocenters. The lowest BCUT2D eigenvalue weighted by molar-refractivity contribution is -0.384. The minimum absolute atomic E-state index is 0.0383. The number of aryl methyl sites for hydroxylation is 1. The Morgan fingerprint density at radius 3 is 2.77 bits per heavy atom. The molecule has 0 radical (unpaired) electrons. The van der Waals surface area contributed by atoms with Crippen LogP contribution in [0, 0.1) is 17.0 Å². The van der Waals surface area contributed by atoms with Gasteiger partial charge >= 0.3 is 0 Å². The molecule has 0 spiro atoms. The molecule has 9 nitrogen and oxygen atoms in total. The van der Waals surface area contributed by atoms with Crippen molar-refractivity contribution in [2.24, 2.45) is 0 Å². The van der Waals surface area contributed by atoms with Gasteiger partial charge in [-0.25, -0.2) is 13.1 Å². The maximum absolute atomic E-state index is 12.5. The maximum atomic E-state index is 12.5. The molecule has 1 amide bonds. The fourth-order valence-electron chi connectivity index (χ4n) is 2.84. The number of nitrogens with one attached hydrogen (secondary N) is 1. The standard InChI is InChI=1S/C15H15ClN4O5S/c1-9-6-14(19(18-9)11-4-5-26(24,25)8-11)17-15(21)10-2-3-12(16)13(7-10)20(22)23/h2-3,6-7,11H,4-5,8H2,1H3,(H,17,21). The van der Waals surface area contributed by atoms with Gasteiger partial charge in [-0.05, 0) is 25.5 Å². The number of benzene rings is 1. The fourth-order valence-corrected chi connectivity index (χ4v) is 4.72. The molecule has 1 unspecified atom stereocenters. The summed E-state index contributed by atoms with van der Waals surface area (Å²) in [7, 11) is -3.11. The van der Waals surface area contributed by atoms with Crippen molar-refractivity contribution in [1.82, 2.24) is 9.78 Å². The number of aromatic nitrogens is 2. The number of halogens is 1. The average Bonchev–Trinajstić information content (AvgIpc) is 3.09. The summed E-state index contributed by atoms with van der Waals surface area (Å²) >= 11 is 5.75. The first-order valence-electron chi connectivity index (χ1n) is 7.68. The third-order valence-electron chi connectivity index (χ3n) is 4.06. The van der Waals surface area contributed by atoms with E-state index in [9.17, 15) is 23.3 Å². The molecule has 1 saturated heterocycles. The number of carbonyl (C=O) groups is 1. The van der Waals surface area contributed by atoms with E-state index in [0.29, 0.717) is 17.9 Å². The molecule has 0 bridgehead atoms. The predicted molar refractivity (Wildman–Crippen MR) is 95.3 cm³/mol. The van der Waals surface area contributed by atoms with Gasteiger partial charge in [0.1, 0.15) is 10.8 Å². The van der Waals surface area contributed by atoms with Gasteiger partial charge in [0.05, 0.1) is 28.2 Å². The van der Waals surface area contributed by atoms with Crippen LogP contribution in [0.4, 0.5) is 11.5 Å². The second kappa shape index (κ2) is 6.69. The van der Waals surface area contributed by atoms with E-state index in [1.54, 1.807) is 13.0 Å². The highest BCUT2D eigenvalue weighted by atomic mass is 35.5. The molecule has 1 aromatic heterocycles. The van der Waals surface area contributed by atoms with Crippen LogP contribution in [-0.2, 0) is 9.84 Å². The van der Waals surface area contributed by atoms with Crippen LogP contribution in [0.3, 0.4) is 0 Å². The summed E-state index contributed by atoms with van der Waals surface area (Å²) in [6, 6.07) is 5.00.